The normalized spacial score (nSPS) is 25.6. The lowest BCUT2D eigenvalue weighted by Crippen LogP contribution is -2.53. The van der Waals surface area contributed by atoms with Crippen molar-refractivity contribution in [1.29, 1.82) is 0 Å². The molecule has 2 N–H and O–H groups in total. The van der Waals surface area contributed by atoms with E-state index in [0.29, 0.717) is 23.8 Å². The van der Waals surface area contributed by atoms with Crippen molar-refractivity contribution in [2.24, 2.45) is 5.92 Å². The summed E-state index contributed by atoms with van der Waals surface area (Å²) >= 11 is 6.10. The molecule has 1 aromatic carbocycles. The second-order valence-corrected chi connectivity index (χ2v) is 6.69. The third-order valence-corrected chi connectivity index (χ3v) is 4.75. The van der Waals surface area contributed by atoms with Gasteiger partial charge in [-0.2, -0.15) is 0 Å². The Labute approximate surface area is 131 Å². The largest absolute Gasteiger partial charge is 0.394 e. The zero-order valence-electron chi connectivity index (χ0n) is 12.6. The molecule has 2 rings (SSSR count). The SMILES string of the molecule is CC1CCCC(CO)(NC(=O)CCc2ccccc2Cl)C1. The van der Waals surface area contributed by atoms with Crippen LogP contribution in [0.25, 0.3) is 0 Å². The van der Waals surface area contributed by atoms with Crippen molar-refractivity contribution in [1.82, 2.24) is 5.32 Å². The van der Waals surface area contributed by atoms with Gasteiger partial charge in [-0.05, 0) is 36.8 Å². The van der Waals surface area contributed by atoms with Gasteiger partial charge in [0.05, 0.1) is 12.1 Å². The molecule has 0 saturated heterocycles. The van der Waals surface area contributed by atoms with Gasteiger partial charge in [0.2, 0.25) is 5.91 Å². The van der Waals surface area contributed by atoms with Gasteiger partial charge in [0.25, 0.3) is 0 Å². The fourth-order valence-electron chi connectivity index (χ4n) is 3.26. The molecule has 0 spiro atoms. The molecule has 2 unspecified atom stereocenters. The number of amides is 1. The van der Waals surface area contributed by atoms with Crippen LogP contribution in [0.2, 0.25) is 5.02 Å². The molecule has 21 heavy (non-hydrogen) atoms. The molecule has 2 atom stereocenters. The van der Waals surface area contributed by atoms with Gasteiger partial charge in [-0.1, -0.05) is 49.6 Å². The Balaban J connectivity index is 1.90. The number of aryl methyl sites for hydroxylation is 1. The molecule has 0 aliphatic heterocycles. The highest BCUT2D eigenvalue weighted by atomic mass is 35.5. The Morgan fingerprint density at radius 1 is 1.48 bits per heavy atom. The van der Waals surface area contributed by atoms with Crippen LogP contribution in [0.15, 0.2) is 24.3 Å². The summed E-state index contributed by atoms with van der Waals surface area (Å²) in [5.74, 6) is 0.549. The molecular weight excluding hydrogens is 286 g/mol. The van der Waals surface area contributed by atoms with Gasteiger partial charge >= 0.3 is 0 Å². The predicted molar refractivity (Wildman–Crippen MR) is 85.4 cm³/mol. The zero-order valence-corrected chi connectivity index (χ0v) is 13.3. The summed E-state index contributed by atoms with van der Waals surface area (Å²) in [6.07, 6.45) is 5.00. The monoisotopic (exact) mass is 309 g/mol. The number of carbonyl (C=O) groups is 1. The van der Waals surface area contributed by atoms with Gasteiger partial charge in [-0.25, -0.2) is 0 Å². The average Bonchev–Trinajstić information content (AvgIpc) is 2.46. The number of rotatable bonds is 5. The maximum Gasteiger partial charge on any atom is 0.220 e. The van der Waals surface area contributed by atoms with Crippen molar-refractivity contribution in [3.63, 3.8) is 0 Å². The molecule has 1 aliphatic rings. The summed E-state index contributed by atoms with van der Waals surface area (Å²) in [6.45, 7) is 2.20. The summed E-state index contributed by atoms with van der Waals surface area (Å²) in [5, 5.41) is 13.5. The molecule has 1 aromatic rings. The van der Waals surface area contributed by atoms with Gasteiger partial charge in [0, 0.05) is 11.4 Å². The Morgan fingerprint density at radius 3 is 2.90 bits per heavy atom. The van der Waals surface area contributed by atoms with E-state index in [1.807, 2.05) is 24.3 Å². The minimum absolute atomic E-state index is 0.00179. The second-order valence-electron chi connectivity index (χ2n) is 6.28. The lowest BCUT2D eigenvalue weighted by Gasteiger charge is -2.39. The summed E-state index contributed by atoms with van der Waals surface area (Å²) < 4.78 is 0. The zero-order chi connectivity index (χ0) is 15.3. The number of halogens is 1. The van der Waals surface area contributed by atoms with Crippen LogP contribution in [0.4, 0.5) is 0 Å². The first-order valence-corrected chi connectivity index (χ1v) is 8.08. The van der Waals surface area contributed by atoms with Crippen LogP contribution in [0.1, 0.15) is 44.6 Å². The Bertz CT molecular complexity index is 491. The number of benzene rings is 1. The number of hydrogen-bond donors (Lipinski definition) is 2. The summed E-state index contributed by atoms with van der Waals surface area (Å²) in [7, 11) is 0. The molecule has 0 bridgehead atoms. The fourth-order valence-corrected chi connectivity index (χ4v) is 3.49. The smallest absolute Gasteiger partial charge is 0.220 e. The van der Waals surface area contributed by atoms with Crippen molar-refractivity contribution < 1.29 is 9.90 Å². The van der Waals surface area contributed by atoms with Crippen LogP contribution in [0, 0.1) is 5.92 Å². The lowest BCUT2D eigenvalue weighted by atomic mass is 9.76. The maximum atomic E-state index is 12.2. The minimum Gasteiger partial charge on any atom is -0.394 e. The second kappa shape index (κ2) is 7.28. The van der Waals surface area contributed by atoms with Crippen LogP contribution in [0.3, 0.4) is 0 Å². The van der Waals surface area contributed by atoms with E-state index in [9.17, 15) is 9.90 Å². The molecular formula is C17H24ClNO2. The van der Waals surface area contributed by atoms with E-state index in [-0.39, 0.29) is 12.5 Å². The molecule has 3 nitrogen and oxygen atoms in total. The predicted octanol–water partition coefficient (Wildman–Crippen LogP) is 3.33. The number of aliphatic hydroxyl groups is 1. The van der Waals surface area contributed by atoms with E-state index in [4.69, 9.17) is 11.6 Å². The third-order valence-electron chi connectivity index (χ3n) is 4.38. The van der Waals surface area contributed by atoms with E-state index in [0.717, 1.165) is 24.8 Å². The molecule has 0 radical (unpaired) electrons. The quantitative estimate of drug-likeness (QED) is 0.876. The fraction of sp³-hybridized carbons (Fsp3) is 0.588. The van der Waals surface area contributed by atoms with Gasteiger partial charge < -0.3 is 10.4 Å². The first-order chi connectivity index (χ1) is 10.0. The topological polar surface area (TPSA) is 49.3 Å². The van der Waals surface area contributed by atoms with E-state index in [2.05, 4.69) is 12.2 Å². The van der Waals surface area contributed by atoms with Crippen LogP contribution < -0.4 is 5.32 Å². The number of carbonyl (C=O) groups excluding carboxylic acids is 1. The molecule has 1 amide bonds. The first kappa shape index (κ1) is 16.3. The van der Waals surface area contributed by atoms with E-state index in [1.54, 1.807) is 0 Å². The highest BCUT2D eigenvalue weighted by Crippen LogP contribution is 2.32. The molecule has 1 fully saturated rings. The summed E-state index contributed by atoms with van der Waals surface area (Å²) in [4.78, 5) is 12.2. The van der Waals surface area contributed by atoms with Crippen LogP contribution in [-0.2, 0) is 11.2 Å². The van der Waals surface area contributed by atoms with E-state index < -0.39 is 5.54 Å². The average molecular weight is 310 g/mol. The Kier molecular flexibility index (Phi) is 5.65. The standard InChI is InChI=1S/C17H24ClNO2/c1-13-5-4-10-17(11-13,12-20)19-16(21)9-8-14-6-2-3-7-15(14)18/h2-3,6-7,13,20H,4-5,8-12H2,1H3,(H,19,21). The molecule has 0 heterocycles. The van der Waals surface area contributed by atoms with Crippen molar-refractivity contribution in [2.45, 2.75) is 51.0 Å². The lowest BCUT2D eigenvalue weighted by molar-refractivity contribution is -0.124. The van der Waals surface area contributed by atoms with Gasteiger partial charge in [-0.15, -0.1) is 0 Å². The number of hydrogen-bond acceptors (Lipinski definition) is 2. The Morgan fingerprint density at radius 2 is 2.24 bits per heavy atom. The molecule has 0 aromatic heterocycles. The molecule has 1 saturated carbocycles. The molecule has 1 aliphatic carbocycles. The highest BCUT2D eigenvalue weighted by Gasteiger charge is 2.35. The van der Waals surface area contributed by atoms with Gasteiger partial charge in [-0.3, -0.25) is 4.79 Å². The molecule has 116 valence electrons. The minimum atomic E-state index is -0.421. The van der Waals surface area contributed by atoms with Crippen molar-refractivity contribution in [2.75, 3.05) is 6.61 Å². The van der Waals surface area contributed by atoms with Gasteiger partial charge in [0.15, 0.2) is 0 Å². The maximum absolute atomic E-state index is 12.2. The number of nitrogens with one attached hydrogen (secondary N) is 1. The molecule has 4 heteroatoms. The highest BCUT2D eigenvalue weighted by molar-refractivity contribution is 6.31. The summed E-state index contributed by atoms with van der Waals surface area (Å²) in [5.41, 5.74) is 0.569. The van der Waals surface area contributed by atoms with E-state index >= 15 is 0 Å². The first-order valence-electron chi connectivity index (χ1n) is 7.70. The third kappa shape index (κ3) is 4.45. The van der Waals surface area contributed by atoms with Crippen LogP contribution in [-0.4, -0.2) is 23.2 Å². The number of aliphatic hydroxyl groups excluding tert-OH is 1. The Hall–Kier alpha value is -1.06. The van der Waals surface area contributed by atoms with E-state index in [1.165, 1.54) is 6.42 Å². The van der Waals surface area contributed by atoms with Gasteiger partial charge in [0.1, 0.15) is 0 Å². The van der Waals surface area contributed by atoms with Crippen molar-refractivity contribution in [3.05, 3.63) is 34.9 Å². The van der Waals surface area contributed by atoms with Crippen molar-refractivity contribution >= 4 is 17.5 Å². The summed E-state index contributed by atoms with van der Waals surface area (Å²) in [6, 6.07) is 7.60. The van der Waals surface area contributed by atoms with Crippen LogP contribution in [0.5, 0.6) is 0 Å². The van der Waals surface area contributed by atoms with Crippen LogP contribution >= 0.6 is 11.6 Å². The van der Waals surface area contributed by atoms with Crippen molar-refractivity contribution in [3.8, 4) is 0 Å².